The van der Waals surface area contributed by atoms with Crippen LogP contribution in [0.2, 0.25) is 0 Å². The molecule has 1 N–H and O–H groups in total. The summed E-state index contributed by atoms with van der Waals surface area (Å²) >= 11 is 3.07. The molecule has 2 aromatic heterocycles. The van der Waals surface area contributed by atoms with Gasteiger partial charge in [-0.25, -0.2) is 4.98 Å². The van der Waals surface area contributed by atoms with Gasteiger partial charge in [0.05, 0.1) is 10.6 Å². The molecule has 5 rings (SSSR count). The maximum absolute atomic E-state index is 13.1. The summed E-state index contributed by atoms with van der Waals surface area (Å²) in [6, 6.07) is 0.221. The zero-order valence-electron chi connectivity index (χ0n) is 18.1. The number of nitrogens with zero attached hydrogens (tertiary/aromatic N) is 2. The van der Waals surface area contributed by atoms with Crippen molar-refractivity contribution in [2.75, 3.05) is 0 Å². The Morgan fingerprint density at radius 2 is 2.03 bits per heavy atom. The molecule has 5 atom stereocenters. The van der Waals surface area contributed by atoms with Crippen molar-refractivity contribution in [1.29, 1.82) is 0 Å². The summed E-state index contributed by atoms with van der Waals surface area (Å²) in [5.41, 5.74) is 1.25. The minimum absolute atomic E-state index is 0.0323. The molecule has 0 aliphatic heterocycles. The van der Waals surface area contributed by atoms with Gasteiger partial charge >= 0.3 is 0 Å². The number of fused-ring (bicyclic) bond motifs is 5. The molecule has 2 aromatic rings. The third-order valence-corrected chi connectivity index (χ3v) is 9.94. The largest absolute Gasteiger partial charge is 0.352 e. The lowest BCUT2D eigenvalue weighted by atomic mass is 9.84. The van der Waals surface area contributed by atoms with Crippen LogP contribution in [0.3, 0.4) is 0 Å². The van der Waals surface area contributed by atoms with Crippen LogP contribution in [0.25, 0.3) is 10.2 Å². The number of thioether (sulfide) groups is 1. The van der Waals surface area contributed by atoms with E-state index in [4.69, 9.17) is 4.98 Å². The molecule has 0 saturated heterocycles. The number of rotatable bonds is 5. The highest BCUT2D eigenvalue weighted by Gasteiger charge is 2.42. The second kappa shape index (κ2) is 7.97. The molecule has 0 spiro atoms. The molecule has 2 saturated carbocycles. The Morgan fingerprint density at radius 3 is 2.77 bits per heavy atom. The number of thiophene rings is 1. The maximum atomic E-state index is 13.1. The summed E-state index contributed by atoms with van der Waals surface area (Å²) in [6.07, 6.45) is 9.71. The van der Waals surface area contributed by atoms with Crippen molar-refractivity contribution < 1.29 is 4.79 Å². The molecule has 5 nitrogen and oxygen atoms in total. The molecule has 2 heterocycles. The van der Waals surface area contributed by atoms with Gasteiger partial charge in [0, 0.05) is 18.0 Å². The Bertz CT molecular complexity index is 1040. The first-order valence-electron chi connectivity index (χ1n) is 11.4. The van der Waals surface area contributed by atoms with Crippen molar-refractivity contribution in [3.63, 3.8) is 0 Å². The number of carbonyl (C=O) groups excluding carboxylic acids is 1. The Labute approximate surface area is 186 Å². The minimum atomic E-state index is -0.281. The maximum Gasteiger partial charge on any atom is 0.262 e. The molecule has 30 heavy (non-hydrogen) atoms. The molecule has 5 unspecified atom stereocenters. The van der Waals surface area contributed by atoms with Crippen LogP contribution in [0, 0.1) is 17.8 Å². The first-order chi connectivity index (χ1) is 14.4. The van der Waals surface area contributed by atoms with Gasteiger partial charge < -0.3 is 5.32 Å². The molecular formula is C23H31N3O2S2. The van der Waals surface area contributed by atoms with Crippen LogP contribution in [0.15, 0.2) is 9.95 Å². The normalized spacial score (nSPS) is 27.2. The van der Waals surface area contributed by atoms with Gasteiger partial charge in [-0.05, 0) is 82.1 Å². The second-order valence-corrected chi connectivity index (χ2v) is 11.9. The van der Waals surface area contributed by atoms with E-state index in [9.17, 15) is 9.59 Å². The molecule has 162 valence electrons. The van der Waals surface area contributed by atoms with Crippen molar-refractivity contribution in [2.45, 2.75) is 81.7 Å². The summed E-state index contributed by atoms with van der Waals surface area (Å²) in [4.78, 5) is 33.0. The van der Waals surface area contributed by atoms with Gasteiger partial charge in [-0.2, -0.15) is 0 Å². The van der Waals surface area contributed by atoms with E-state index in [-0.39, 0.29) is 22.8 Å². The van der Waals surface area contributed by atoms with E-state index in [1.807, 2.05) is 6.92 Å². The lowest BCUT2D eigenvalue weighted by Gasteiger charge is -2.29. The summed E-state index contributed by atoms with van der Waals surface area (Å²) < 4.78 is 1.64. The fraction of sp³-hybridized carbons (Fsp3) is 0.696. The average Bonchev–Trinajstić information content (AvgIpc) is 3.45. The van der Waals surface area contributed by atoms with Crippen LogP contribution < -0.4 is 10.9 Å². The van der Waals surface area contributed by atoms with Crippen LogP contribution >= 0.6 is 23.1 Å². The lowest BCUT2D eigenvalue weighted by molar-refractivity contribution is -0.121. The highest BCUT2D eigenvalue weighted by Crippen LogP contribution is 2.49. The van der Waals surface area contributed by atoms with Crippen molar-refractivity contribution in [3.8, 4) is 0 Å². The van der Waals surface area contributed by atoms with Crippen LogP contribution in [0.4, 0.5) is 0 Å². The van der Waals surface area contributed by atoms with E-state index in [0.717, 1.165) is 41.3 Å². The first kappa shape index (κ1) is 20.6. The molecule has 0 aromatic carbocycles. The van der Waals surface area contributed by atoms with Crippen molar-refractivity contribution in [2.24, 2.45) is 24.8 Å². The Morgan fingerprint density at radius 1 is 1.23 bits per heavy atom. The molecule has 1 amide bonds. The van der Waals surface area contributed by atoms with E-state index in [1.54, 1.807) is 23.0 Å². The highest BCUT2D eigenvalue weighted by atomic mass is 32.2. The van der Waals surface area contributed by atoms with Crippen LogP contribution in [0.5, 0.6) is 0 Å². The van der Waals surface area contributed by atoms with Crippen LogP contribution in [0.1, 0.15) is 62.8 Å². The average molecular weight is 446 g/mol. The SMILES string of the molecule is CC(Sc1nc2sc3c(c2c(=O)n1C)CCCC3)C(=O)NC(C)C1CC2CCC1C2. The van der Waals surface area contributed by atoms with E-state index >= 15 is 0 Å². The molecule has 3 aliphatic rings. The predicted molar refractivity (Wildman–Crippen MR) is 123 cm³/mol. The van der Waals surface area contributed by atoms with Crippen molar-refractivity contribution >= 4 is 39.2 Å². The molecule has 3 aliphatic carbocycles. The zero-order chi connectivity index (χ0) is 21.0. The smallest absolute Gasteiger partial charge is 0.262 e. The summed E-state index contributed by atoms with van der Waals surface area (Å²) in [5.74, 6) is 2.35. The number of amides is 1. The monoisotopic (exact) mass is 445 g/mol. The molecular weight excluding hydrogens is 414 g/mol. The predicted octanol–water partition coefficient (Wildman–Crippen LogP) is 4.30. The number of hydrogen-bond acceptors (Lipinski definition) is 5. The number of carbonyl (C=O) groups is 1. The summed E-state index contributed by atoms with van der Waals surface area (Å²) in [6.45, 7) is 4.08. The number of aryl methyl sites for hydroxylation is 2. The molecule has 7 heteroatoms. The van der Waals surface area contributed by atoms with Gasteiger partial charge in [0.2, 0.25) is 5.91 Å². The van der Waals surface area contributed by atoms with E-state index in [2.05, 4.69) is 12.2 Å². The van der Waals surface area contributed by atoms with E-state index in [1.165, 1.54) is 54.3 Å². The van der Waals surface area contributed by atoms with Gasteiger partial charge in [0.1, 0.15) is 4.83 Å². The highest BCUT2D eigenvalue weighted by molar-refractivity contribution is 8.00. The molecule has 0 radical (unpaired) electrons. The molecule has 2 bridgehead atoms. The van der Waals surface area contributed by atoms with Crippen LogP contribution in [-0.4, -0.2) is 26.8 Å². The lowest BCUT2D eigenvalue weighted by Crippen LogP contribution is -2.43. The van der Waals surface area contributed by atoms with Gasteiger partial charge in [-0.15, -0.1) is 11.3 Å². The third-order valence-electron chi connectivity index (χ3n) is 7.61. The van der Waals surface area contributed by atoms with Gasteiger partial charge in [-0.1, -0.05) is 18.2 Å². The van der Waals surface area contributed by atoms with Gasteiger partial charge in [0.15, 0.2) is 5.16 Å². The Kier molecular flexibility index (Phi) is 5.46. The second-order valence-electron chi connectivity index (χ2n) is 9.55. The number of aromatic nitrogens is 2. The van der Waals surface area contributed by atoms with E-state index < -0.39 is 0 Å². The molecule has 2 fully saturated rings. The topological polar surface area (TPSA) is 64.0 Å². The number of hydrogen-bond donors (Lipinski definition) is 1. The standard InChI is InChI=1S/C23H31N3O2S2/c1-12(17-11-14-8-9-15(17)10-14)24-20(27)13(2)29-23-25-21-19(22(28)26(23)3)16-6-4-5-7-18(16)30-21/h12-15,17H,4-11H2,1-3H3,(H,24,27). The zero-order valence-corrected chi connectivity index (χ0v) is 19.7. The number of nitrogens with one attached hydrogen (secondary N) is 1. The van der Waals surface area contributed by atoms with Gasteiger partial charge in [0.25, 0.3) is 5.56 Å². The first-order valence-corrected chi connectivity index (χ1v) is 13.1. The summed E-state index contributed by atoms with van der Waals surface area (Å²) in [7, 11) is 1.78. The van der Waals surface area contributed by atoms with Crippen LogP contribution in [-0.2, 0) is 24.7 Å². The fourth-order valence-corrected chi connectivity index (χ4v) is 8.13. The minimum Gasteiger partial charge on any atom is -0.352 e. The Hall–Kier alpha value is -1.34. The van der Waals surface area contributed by atoms with Crippen molar-refractivity contribution in [3.05, 3.63) is 20.8 Å². The quantitative estimate of drug-likeness (QED) is 0.551. The van der Waals surface area contributed by atoms with Crippen molar-refractivity contribution in [1.82, 2.24) is 14.9 Å². The Balaban J connectivity index is 1.31. The fourth-order valence-electron chi connectivity index (χ4n) is 5.94. The van der Waals surface area contributed by atoms with E-state index in [0.29, 0.717) is 11.1 Å². The van der Waals surface area contributed by atoms with Gasteiger partial charge in [-0.3, -0.25) is 14.2 Å². The summed E-state index contributed by atoms with van der Waals surface area (Å²) in [5, 5.41) is 4.43. The third kappa shape index (κ3) is 3.52.